The predicted molar refractivity (Wildman–Crippen MR) is 106 cm³/mol. The molecule has 0 bridgehead atoms. The highest BCUT2D eigenvalue weighted by Crippen LogP contribution is 2.31. The normalized spacial score (nSPS) is 17.9. The first kappa shape index (κ1) is 19.9. The summed E-state index contributed by atoms with van der Waals surface area (Å²) in [6.07, 6.45) is 0.663. The monoisotopic (exact) mass is 411 g/mol. The molecule has 0 aliphatic carbocycles. The van der Waals surface area contributed by atoms with E-state index in [2.05, 4.69) is 5.32 Å². The Kier molecular flexibility index (Phi) is 5.15. The molecule has 0 atom stereocenters. The Bertz CT molecular complexity index is 984. The quantitative estimate of drug-likeness (QED) is 0.785. The molecule has 4 rings (SSSR count). The third-order valence-electron chi connectivity index (χ3n) is 5.74. The average Bonchev–Trinajstić information content (AvgIpc) is 2.99. The second kappa shape index (κ2) is 7.78. The minimum atomic E-state index is -1.01. The summed E-state index contributed by atoms with van der Waals surface area (Å²) < 4.78 is 18.4. The van der Waals surface area contributed by atoms with Crippen LogP contribution in [0.25, 0.3) is 0 Å². The van der Waals surface area contributed by atoms with Gasteiger partial charge in [-0.25, -0.2) is 9.18 Å². The second-order valence-corrected chi connectivity index (χ2v) is 7.52. The van der Waals surface area contributed by atoms with E-state index in [0.29, 0.717) is 42.8 Å². The first-order chi connectivity index (χ1) is 14.4. The van der Waals surface area contributed by atoms with Crippen molar-refractivity contribution in [3.63, 3.8) is 0 Å². The van der Waals surface area contributed by atoms with Crippen LogP contribution in [0.15, 0.2) is 48.5 Å². The third-order valence-corrected chi connectivity index (χ3v) is 5.74. The molecule has 2 aromatic carbocycles. The van der Waals surface area contributed by atoms with Gasteiger partial charge < -0.3 is 15.0 Å². The fourth-order valence-electron chi connectivity index (χ4n) is 4.01. The number of imide groups is 1. The minimum absolute atomic E-state index is 0.0799. The molecule has 2 aliphatic heterocycles. The Morgan fingerprint density at radius 1 is 1.10 bits per heavy atom. The molecule has 1 spiro atoms. The number of methoxy groups -OCH3 is 1. The molecule has 2 fully saturated rings. The molecule has 1 N–H and O–H groups in total. The standard InChI is InChI=1S/C22H22FN3O4/c1-30-18-5-3-2-4-17(18)19(27)25-12-10-22(11-13-25)20(28)26(21(29)24-22)14-15-6-8-16(23)9-7-15/h2-9H,10-14H2,1H3,(H,24,29). The topological polar surface area (TPSA) is 79.0 Å². The number of halogens is 1. The zero-order valence-corrected chi connectivity index (χ0v) is 16.6. The van der Waals surface area contributed by atoms with E-state index >= 15 is 0 Å². The maximum atomic E-state index is 13.1. The van der Waals surface area contributed by atoms with Gasteiger partial charge in [-0.15, -0.1) is 0 Å². The average molecular weight is 411 g/mol. The number of hydrogen-bond donors (Lipinski definition) is 1. The van der Waals surface area contributed by atoms with E-state index in [1.54, 1.807) is 41.3 Å². The molecular weight excluding hydrogens is 389 g/mol. The molecule has 2 heterocycles. The molecule has 7 nitrogen and oxygen atoms in total. The van der Waals surface area contributed by atoms with Crippen LogP contribution < -0.4 is 10.1 Å². The lowest BCUT2D eigenvalue weighted by atomic mass is 9.87. The number of nitrogens with zero attached hydrogens (tertiary/aromatic N) is 2. The fraction of sp³-hybridized carbons (Fsp3) is 0.318. The lowest BCUT2D eigenvalue weighted by Crippen LogP contribution is -2.55. The third kappa shape index (κ3) is 3.49. The van der Waals surface area contributed by atoms with Gasteiger partial charge in [0, 0.05) is 13.1 Å². The molecule has 8 heteroatoms. The number of urea groups is 1. The number of rotatable bonds is 4. The number of ether oxygens (including phenoxy) is 1. The van der Waals surface area contributed by atoms with Crippen molar-refractivity contribution in [2.24, 2.45) is 0 Å². The van der Waals surface area contributed by atoms with Crippen molar-refractivity contribution in [1.82, 2.24) is 15.1 Å². The van der Waals surface area contributed by atoms with Crippen LogP contribution in [0.1, 0.15) is 28.8 Å². The van der Waals surface area contributed by atoms with E-state index in [1.807, 2.05) is 0 Å². The summed E-state index contributed by atoms with van der Waals surface area (Å²) in [5.74, 6) is -0.346. The Labute approximate surface area is 173 Å². The van der Waals surface area contributed by atoms with Crippen molar-refractivity contribution >= 4 is 17.8 Å². The van der Waals surface area contributed by atoms with Crippen molar-refractivity contribution in [3.8, 4) is 5.75 Å². The molecule has 0 radical (unpaired) electrons. The maximum absolute atomic E-state index is 13.1. The summed E-state index contributed by atoms with van der Waals surface area (Å²) >= 11 is 0. The van der Waals surface area contributed by atoms with Gasteiger partial charge in [0.15, 0.2) is 0 Å². The first-order valence-corrected chi connectivity index (χ1v) is 9.74. The van der Waals surface area contributed by atoms with Gasteiger partial charge in [-0.05, 0) is 42.7 Å². The summed E-state index contributed by atoms with van der Waals surface area (Å²) in [6, 6.07) is 12.2. The number of carbonyl (C=O) groups excluding carboxylic acids is 3. The van der Waals surface area contributed by atoms with Crippen LogP contribution >= 0.6 is 0 Å². The van der Waals surface area contributed by atoms with Gasteiger partial charge in [-0.2, -0.15) is 0 Å². The summed E-state index contributed by atoms with van der Waals surface area (Å²) in [6.45, 7) is 0.761. The van der Waals surface area contributed by atoms with Crippen LogP contribution in [-0.4, -0.2) is 53.4 Å². The SMILES string of the molecule is COc1ccccc1C(=O)N1CCC2(CC1)NC(=O)N(Cc1ccc(F)cc1)C2=O. The summed E-state index contributed by atoms with van der Waals surface area (Å²) in [5, 5.41) is 2.82. The van der Waals surface area contributed by atoms with Gasteiger partial charge in [-0.1, -0.05) is 24.3 Å². The van der Waals surface area contributed by atoms with Crippen LogP contribution in [0.4, 0.5) is 9.18 Å². The van der Waals surface area contributed by atoms with Gasteiger partial charge in [-0.3, -0.25) is 14.5 Å². The van der Waals surface area contributed by atoms with Crippen LogP contribution in [0, 0.1) is 5.82 Å². The van der Waals surface area contributed by atoms with Crippen molar-refractivity contribution in [2.45, 2.75) is 24.9 Å². The van der Waals surface area contributed by atoms with Crippen LogP contribution in [0.2, 0.25) is 0 Å². The summed E-state index contributed by atoms with van der Waals surface area (Å²) in [7, 11) is 1.51. The highest BCUT2D eigenvalue weighted by atomic mass is 19.1. The number of piperidine rings is 1. The van der Waals surface area contributed by atoms with Crippen molar-refractivity contribution < 1.29 is 23.5 Å². The van der Waals surface area contributed by atoms with Crippen LogP contribution in [-0.2, 0) is 11.3 Å². The molecule has 0 saturated carbocycles. The van der Waals surface area contributed by atoms with E-state index in [-0.39, 0.29) is 24.2 Å². The Morgan fingerprint density at radius 2 is 1.77 bits per heavy atom. The zero-order chi connectivity index (χ0) is 21.3. The highest BCUT2D eigenvalue weighted by Gasteiger charge is 2.52. The first-order valence-electron chi connectivity index (χ1n) is 9.74. The number of amides is 4. The number of benzene rings is 2. The highest BCUT2D eigenvalue weighted by molar-refractivity contribution is 6.07. The second-order valence-electron chi connectivity index (χ2n) is 7.52. The minimum Gasteiger partial charge on any atom is -0.496 e. The Hall–Kier alpha value is -3.42. The van der Waals surface area contributed by atoms with Crippen LogP contribution in [0.3, 0.4) is 0 Å². The molecule has 2 aliphatic rings. The molecule has 2 saturated heterocycles. The van der Waals surface area contributed by atoms with Gasteiger partial charge >= 0.3 is 6.03 Å². The van der Waals surface area contributed by atoms with Crippen molar-refractivity contribution in [2.75, 3.05) is 20.2 Å². The molecular formula is C22H22FN3O4. The van der Waals surface area contributed by atoms with E-state index in [1.165, 1.54) is 19.2 Å². The predicted octanol–water partition coefficient (Wildman–Crippen LogP) is 2.56. The molecule has 0 aromatic heterocycles. The van der Waals surface area contributed by atoms with Crippen molar-refractivity contribution in [3.05, 3.63) is 65.5 Å². The summed E-state index contributed by atoms with van der Waals surface area (Å²) in [4.78, 5) is 41.3. The smallest absolute Gasteiger partial charge is 0.325 e. The number of hydrogen-bond acceptors (Lipinski definition) is 4. The lowest BCUT2D eigenvalue weighted by Gasteiger charge is -2.37. The summed E-state index contributed by atoms with van der Waals surface area (Å²) in [5.41, 5.74) is 0.130. The van der Waals surface area contributed by atoms with Gasteiger partial charge in [0.25, 0.3) is 11.8 Å². The molecule has 0 unspecified atom stereocenters. The van der Waals surface area contributed by atoms with Crippen LogP contribution in [0.5, 0.6) is 5.75 Å². The largest absolute Gasteiger partial charge is 0.496 e. The maximum Gasteiger partial charge on any atom is 0.325 e. The van der Waals surface area contributed by atoms with Gasteiger partial charge in [0.2, 0.25) is 0 Å². The van der Waals surface area contributed by atoms with Crippen molar-refractivity contribution in [1.29, 1.82) is 0 Å². The number of carbonyl (C=O) groups is 3. The fourth-order valence-corrected chi connectivity index (χ4v) is 4.01. The molecule has 2 aromatic rings. The van der Waals surface area contributed by atoms with Gasteiger partial charge in [0.05, 0.1) is 19.2 Å². The van der Waals surface area contributed by atoms with Gasteiger partial charge in [0.1, 0.15) is 17.1 Å². The van der Waals surface area contributed by atoms with E-state index < -0.39 is 11.6 Å². The molecule has 156 valence electrons. The molecule has 4 amide bonds. The zero-order valence-electron chi connectivity index (χ0n) is 16.6. The van der Waals surface area contributed by atoms with E-state index in [9.17, 15) is 18.8 Å². The lowest BCUT2D eigenvalue weighted by molar-refractivity contribution is -0.133. The molecule has 30 heavy (non-hydrogen) atoms. The number of likely N-dealkylation sites (tertiary alicyclic amines) is 1. The number of nitrogens with one attached hydrogen (secondary N) is 1. The Balaban J connectivity index is 1.45. The number of para-hydroxylation sites is 1. The van der Waals surface area contributed by atoms with E-state index in [0.717, 1.165) is 4.90 Å². The Morgan fingerprint density at radius 3 is 2.43 bits per heavy atom. The van der Waals surface area contributed by atoms with E-state index in [4.69, 9.17) is 4.74 Å².